The second-order valence-electron chi connectivity index (χ2n) is 8.38. The minimum Gasteiger partial charge on any atom is -0.378 e. The van der Waals surface area contributed by atoms with Crippen molar-refractivity contribution in [2.45, 2.75) is 32.5 Å². The zero-order valence-electron chi connectivity index (χ0n) is 19.9. The van der Waals surface area contributed by atoms with Gasteiger partial charge in [-0.2, -0.15) is 13.2 Å². The van der Waals surface area contributed by atoms with Crippen LogP contribution in [-0.2, 0) is 20.5 Å². The van der Waals surface area contributed by atoms with E-state index in [0.29, 0.717) is 50.6 Å². The van der Waals surface area contributed by atoms with Crippen LogP contribution in [0.1, 0.15) is 25.8 Å². The van der Waals surface area contributed by atoms with Crippen molar-refractivity contribution in [3.63, 3.8) is 0 Å². The van der Waals surface area contributed by atoms with E-state index in [9.17, 15) is 22.8 Å². The molecule has 0 radical (unpaired) electrons. The monoisotopic (exact) mass is 492 g/mol. The third-order valence-corrected chi connectivity index (χ3v) is 5.78. The van der Waals surface area contributed by atoms with Gasteiger partial charge >= 0.3 is 6.18 Å². The van der Waals surface area contributed by atoms with Gasteiger partial charge in [-0.05, 0) is 50.2 Å². The molecule has 3 rings (SSSR count). The van der Waals surface area contributed by atoms with Crippen LogP contribution >= 0.6 is 0 Å². The number of benzene rings is 2. The van der Waals surface area contributed by atoms with Crippen molar-refractivity contribution in [2.24, 2.45) is 0 Å². The third-order valence-electron chi connectivity index (χ3n) is 5.78. The van der Waals surface area contributed by atoms with Crippen LogP contribution in [0.4, 0.5) is 30.2 Å². The van der Waals surface area contributed by atoms with Gasteiger partial charge in [-0.1, -0.05) is 25.1 Å². The number of para-hydroxylation sites is 1. The van der Waals surface area contributed by atoms with Crippen LogP contribution in [0.3, 0.4) is 0 Å². The van der Waals surface area contributed by atoms with Gasteiger partial charge in [0.15, 0.2) is 0 Å². The summed E-state index contributed by atoms with van der Waals surface area (Å²) in [6, 6.07) is 11.7. The molecule has 1 heterocycles. The van der Waals surface area contributed by atoms with Crippen LogP contribution in [0.2, 0.25) is 0 Å². The van der Waals surface area contributed by atoms with E-state index >= 15 is 0 Å². The van der Waals surface area contributed by atoms with Crippen molar-refractivity contribution in [3.05, 3.63) is 54.1 Å². The van der Waals surface area contributed by atoms with Gasteiger partial charge in [0.2, 0.25) is 11.8 Å². The highest BCUT2D eigenvalue weighted by molar-refractivity contribution is 5.97. The molecule has 1 fully saturated rings. The van der Waals surface area contributed by atoms with E-state index in [1.165, 1.54) is 6.07 Å². The molecule has 0 saturated carbocycles. The van der Waals surface area contributed by atoms with Gasteiger partial charge in [-0.25, -0.2) is 0 Å². The number of hydrogen-bond acceptors (Lipinski definition) is 5. The first kappa shape index (κ1) is 26.5. The van der Waals surface area contributed by atoms with Crippen molar-refractivity contribution >= 4 is 28.9 Å². The molecule has 0 aliphatic carbocycles. The number of amides is 2. The molecule has 1 unspecified atom stereocenters. The zero-order chi connectivity index (χ0) is 25.4. The fraction of sp³-hybridized carbons (Fsp3) is 0.440. The first-order valence-electron chi connectivity index (χ1n) is 11.6. The minimum absolute atomic E-state index is 0.0876. The lowest BCUT2D eigenvalue weighted by Crippen LogP contribution is -2.46. The number of carbonyl (C=O) groups excluding carboxylic acids is 2. The number of rotatable bonds is 9. The Hall–Kier alpha value is -3.11. The number of ether oxygens (including phenoxy) is 1. The smallest absolute Gasteiger partial charge is 0.378 e. The Bertz CT molecular complexity index is 995. The van der Waals surface area contributed by atoms with Gasteiger partial charge in [0.05, 0.1) is 42.7 Å². The van der Waals surface area contributed by atoms with E-state index in [1.54, 1.807) is 36.1 Å². The summed E-state index contributed by atoms with van der Waals surface area (Å²) >= 11 is 0. The normalized spacial score (nSPS) is 15.1. The zero-order valence-corrected chi connectivity index (χ0v) is 19.9. The quantitative estimate of drug-likeness (QED) is 0.549. The summed E-state index contributed by atoms with van der Waals surface area (Å²) in [5, 5.41) is 5.48. The Morgan fingerprint density at radius 2 is 1.77 bits per heavy atom. The van der Waals surface area contributed by atoms with Crippen LogP contribution in [0, 0.1) is 0 Å². The first-order valence-corrected chi connectivity index (χ1v) is 11.6. The SMILES string of the molecule is CCCN(CC(=O)Nc1cc(C(F)(F)F)ccc1N1CCOCC1)C(C)C(=O)Nc1ccccc1. The highest BCUT2D eigenvalue weighted by atomic mass is 19.4. The van der Waals surface area contributed by atoms with Crippen molar-refractivity contribution < 1.29 is 27.5 Å². The summed E-state index contributed by atoms with van der Waals surface area (Å²) in [4.78, 5) is 29.3. The van der Waals surface area contributed by atoms with Crippen LogP contribution in [-0.4, -0.2) is 62.1 Å². The fourth-order valence-corrected chi connectivity index (χ4v) is 3.90. The highest BCUT2D eigenvalue weighted by Crippen LogP contribution is 2.35. The molecular formula is C25H31F3N4O3. The molecule has 190 valence electrons. The molecule has 1 saturated heterocycles. The predicted molar refractivity (Wildman–Crippen MR) is 130 cm³/mol. The maximum atomic E-state index is 13.4. The van der Waals surface area contributed by atoms with E-state index in [2.05, 4.69) is 10.6 Å². The number of anilines is 3. The third kappa shape index (κ3) is 7.43. The second-order valence-corrected chi connectivity index (χ2v) is 8.38. The largest absolute Gasteiger partial charge is 0.416 e. The molecule has 2 N–H and O–H groups in total. The molecule has 0 spiro atoms. The second kappa shape index (κ2) is 12.0. The minimum atomic E-state index is -4.54. The van der Waals surface area contributed by atoms with Crippen LogP contribution in [0.25, 0.3) is 0 Å². The molecule has 0 aromatic heterocycles. The van der Waals surface area contributed by atoms with Gasteiger partial charge < -0.3 is 20.3 Å². The van der Waals surface area contributed by atoms with Crippen LogP contribution in [0.5, 0.6) is 0 Å². The molecule has 10 heteroatoms. The van der Waals surface area contributed by atoms with E-state index in [1.807, 2.05) is 17.9 Å². The molecule has 35 heavy (non-hydrogen) atoms. The number of halogens is 3. The van der Waals surface area contributed by atoms with Crippen LogP contribution in [0.15, 0.2) is 48.5 Å². The average molecular weight is 493 g/mol. The Morgan fingerprint density at radius 1 is 1.09 bits per heavy atom. The Morgan fingerprint density at radius 3 is 2.40 bits per heavy atom. The van der Waals surface area contributed by atoms with Gasteiger partial charge in [0.1, 0.15) is 0 Å². The molecule has 2 aromatic carbocycles. The molecular weight excluding hydrogens is 461 g/mol. The fourth-order valence-electron chi connectivity index (χ4n) is 3.90. The summed E-state index contributed by atoms with van der Waals surface area (Å²) < 4.78 is 45.4. The Kier molecular flexibility index (Phi) is 9.11. The summed E-state index contributed by atoms with van der Waals surface area (Å²) in [6.07, 6.45) is -3.85. The Balaban J connectivity index is 1.75. The van der Waals surface area contributed by atoms with Crippen molar-refractivity contribution in [1.82, 2.24) is 4.90 Å². The average Bonchev–Trinajstić information content (AvgIpc) is 2.84. The molecule has 1 atom stereocenters. The number of hydrogen-bond donors (Lipinski definition) is 2. The molecule has 2 amide bonds. The number of morpholine rings is 1. The lowest BCUT2D eigenvalue weighted by molar-refractivity contribution is -0.137. The van der Waals surface area contributed by atoms with Gasteiger partial charge in [-0.15, -0.1) is 0 Å². The highest BCUT2D eigenvalue weighted by Gasteiger charge is 2.32. The molecule has 1 aliphatic heterocycles. The lowest BCUT2D eigenvalue weighted by atomic mass is 10.1. The van der Waals surface area contributed by atoms with Crippen molar-refractivity contribution in [2.75, 3.05) is 54.9 Å². The summed E-state index contributed by atoms with van der Waals surface area (Å²) in [6.45, 7) is 5.87. The predicted octanol–water partition coefficient (Wildman–Crippen LogP) is 4.22. The maximum absolute atomic E-state index is 13.4. The number of nitrogens with one attached hydrogen (secondary N) is 2. The summed E-state index contributed by atoms with van der Waals surface area (Å²) in [7, 11) is 0. The molecule has 1 aliphatic rings. The van der Waals surface area contributed by atoms with Gasteiger partial charge in [0.25, 0.3) is 0 Å². The first-order chi connectivity index (χ1) is 16.7. The molecule has 0 bridgehead atoms. The van der Waals surface area contributed by atoms with E-state index in [-0.39, 0.29) is 18.1 Å². The molecule has 2 aromatic rings. The Labute approximate surface area is 203 Å². The maximum Gasteiger partial charge on any atom is 0.416 e. The standard InChI is InChI=1S/C25H31F3N4O3/c1-3-11-32(18(2)24(34)29-20-7-5-4-6-8-20)17-23(33)30-21-16-19(25(26,27)28)9-10-22(21)31-12-14-35-15-13-31/h4-10,16,18H,3,11-15,17H2,1-2H3,(H,29,34)(H,30,33). The van der Waals surface area contributed by atoms with Crippen molar-refractivity contribution in [1.29, 1.82) is 0 Å². The van der Waals surface area contributed by atoms with Gasteiger partial charge in [0, 0.05) is 18.8 Å². The topological polar surface area (TPSA) is 73.9 Å². The van der Waals surface area contributed by atoms with E-state index in [4.69, 9.17) is 4.74 Å². The number of carbonyl (C=O) groups is 2. The summed E-state index contributed by atoms with van der Waals surface area (Å²) in [5.74, 6) is -0.767. The summed E-state index contributed by atoms with van der Waals surface area (Å²) in [5.41, 5.74) is 0.395. The molecule has 7 nitrogen and oxygen atoms in total. The van der Waals surface area contributed by atoms with E-state index < -0.39 is 23.7 Å². The number of nitrogens with zero attached hydrogens (tertiary/aromatic N) is 2. The van der Waals surface area contributed by atoms with Gasteiger partial charge in [-0.3, -0.25) is 14.5 Å². The number of alkyl halides is 3. The van der Waals surface area contributed by atoms with Crippen molar-refractivity contribution in [3.8, 4) is 0 Å². The lowest BCUT2D eigenvalue weighted by Gasteiger charge is -2.31. The van der Waals surface area contributed by atoms with E-state index in [0.717, 1.165) is 12.1 Å². The van der Waals surface area contributed by atoms with Crippen LogP contribution < -0.4 is 15.5 Å².